The summed E-state index contributed by atoms with van der Waals surface area (Å²) < 4.78 is 62.6. The molecule has 2 heterocycles. The SMILES string of the molecule is CN=S(=O)(NC1CN(C)CC(N2c3ccccc3Sc3cccc(Cl)c32)C1O)c1ccc(OC(F)(F)F)cc1. The largest absolute Gasteiger partial charge is 0.573 e. The summed E-state index contributed by atoms with van der Waals surface area (Å²) in [5.74, 6) is -0.432. The third-order valence-corrected chi connectivity index (χ3v) is 10.1. The van der Waals surface area contributed by atoms with Crippen LogP contribution in [0.15, 0.2) is 85.8 Å². The number of piperidine rings is 1. The highest BCUT2D eigenvalue weighted by Gasteiger charge is 2.42. The molecule has 2 N–H and O–H groups in total. The Morgan fingerprint density at radius 3 is 2.46 bits per heavy atom. The lowest BCUT2D eigenvalue weighted by atomic mass is 9.95. The van der Waals surface area contributed by atoms with Crippen LogP contribution in [0, 0.1) is 0 Å². The average molecular weight is 599 g/mol. The molecule has 13 heteroatoms. The monoisotopic (exact) mass is 598 g/mol. The molecule has 39 heavy (non-hydrogen) atoms. The van der Waals surface area contributed by atoms with Crippen LogP contribution in [0.1, 0.15) is 0 Å². The fourth-order valence-electron chi connectivity index (χ4n) is 4.95. The van der Waals surface area contributed by atoms with Gasteiger partial charge in [0, 0.05) is 29.9 Å². The Morgan fingerprint density at radius 2 is 1.77 bits per heavy atom. The normalized spacial score (nSPS) is 22.9. The molecule has 3 aromatic rings. The summed E-state index contributed by atoms with van der Waals surface area (Å²) in [6.07, 6.45) is -5.84. The van der Waals surface area contributed by atoms with Crippen molar-refractivity contribution in [3.8, 4) is 5.75 Å². The molecule has 7 nitrogen and oxygen atoms in total. The number of aliphatic hydroxyl groups is 1. The first kappa shape index (κ1) is 28.1. The number of likely N-dealkylation sites (N-methyl/N-ethyl adjacent to an activating group) is 1. The molecule has 5 rings (SSSR count). The maximum Gasteiger partial charge on any atom is 0.573 e. The second-order valence-corrected chi connectivity index (χ2v) is 12.9. The van der Waals surface area contributed by atoms with E-state index in [0.717, 1.165) is 33.3 Å². The van der Waals surface area contributed by atoms with Gasteiger partial charge in [-0.25, -0.2) is 13.3 Å². The van der Waals surface area contributed by atoms with Crippen molar-refractivity contribution in [2.45, 2.75) is 39.2 Å². The van der Waals surface area contributed by atoms with Crippen LogP contribution in [0.3, 0.4) is 0 Å². The summed E-state index contributed by atoms with van der Waals surface area (Å²) in [4.78, 5) is 6.22. The fraction of sp³-hybridized carbons (Fsp3) is 0.308. The van der Waals surface area contributed by atoms with Gasteiger partial charge in [-0.05, 0) is 55.6 Å². The van der Waals surface area contributed by atoms with Crippen LogP contribution < -0.4 is 14.4 Å². The summed E-state index contributed by atoms with van der Waals surface area (Å²) in [6.45, 7) is 0.857. The first-order valence-corrected chi connectivity index (χ1v) is 14.7. The summed E-state index contributed by atoms with van der Waals surface area (Å²) >= 11 is 8.30. The number of anilines is 2. The van der Waals surface area contributed by atoms with Gasteiger partial charge >= 0.3 is 6.36 Å². The number of rotatable bonds is 5. The van der Waals surface area contributed by atoms with Gasteiger partial charge in [0.15, 0.2) is 0 Å². The highest BCUT2D eigenvalue weighted by atomic mass is 35.5. The quantitative estimate of drug-likeness (QED) is 0.401. The van der Waals surface area contributed by atoms with Crippen molar-refractivity contribution in [3.63, 3.8) is 0 Å². The van der Waals surface area contributed by atoms with E-state index in [1.54, 1.807) is 11.8 Å². The van der Waals surface area contributed by atoms with Crippen molar-refractivity contribution < 1.29 is 27.2 Å². The molecule has 0 amide bonds. The molecule has 4 atom stereocenters. The molecule has 4 unspecified atom stereocenters. The Labute approximate surface area is 234 Å². The Morgan fingerprint density at radius 1 is 1.08 bits per heavy atom. The van der Waals surface area contributed by atoms with E-state index in [2.05, 4.69) is 13.8 Å². The molecule has 0 radical (unpaired) electrons. The van der Waals surface area contributed by atoms with Crippen molar-refractivity contribution in [2.24, 2.45) is 4.36 Å². The summed E-state index contributed by atoms with van der Waals surface area (Å²) in [6, 6.07) is 17.1. The number of halogens is 4. The van der Waals surface area contributed by atoms with E-state index in [1.807, 2.05) is 59.3 Å². The lowest BCUT2D eigenvalue weighted by molar-refractivity contribution is -0.274. The van der Waals surface area contributed by atoms with E-state index in [9.17, 15) is 22.5 Å². The van der Waals surface area contributed by atoms with E-state index in [-0.39, 0.29) is 4.90 Å². The van der Waals surface area contributed by atoms with E-state index < -0.39 is 40.2 Å². The molecule has 2 aliphatic rings. The zero-order valence-corrected chi connectivity index (χ0v) is 23.3. The number of fused-ring (bicyclic) bond motifs is 2. The molecule has 0 spiro atoms. The Kier molecular flexibility index (Phi) is 7.79. The minimum atomic E-state index is -4.84. The van der Waals surface area contributed by atoms with Gasteiger partial charge < -0.3 is 19.6 Å². The molecule has 1 saturated heterocycles. The second-order valence-electron chi connectivity index (χ2n) is 9.26. The fourth-order valence-corrected chi connectivity index (χ4v) is 7.96. The number of nitrogens with one attached hydrogen (secondary N) is 1. The molecular formula is C26H26ClF3N4O3S2. The van der Waals surface area contributed by atoms with Crippen molar-refractivity contribution >= 4 is 44.7 Å². The highest BCUT2D eigenvalue weighted by Crippen LogP contribution is 2.52. The third kappa shape index (κ3) is 5.72. The first-order chi connectivity index (χ1) is 18.5. The molecule has 0 aromatic heterocycles. The summed E-state index contributed by atoms with van der Waals surface area (Å²) in [5, 5.41) is 12.3. The predicted molar refractivity (Wildman–Crippen MR) is 146 cm³/mol. The van der Waals surface area contributed by atoms with Gasteiger partial charge in [-0.1, -0.05) is 41.6 Å². The Bertz CT molecular complexity index is 1480. The van der Waals surface area contributed by atoms with Crippen LogP contribution in [0.5, 0.6) is 5.75 Å². The maximum absolute atomic E-state index is 13.9. The van der Waals surface area contributed by atoms with Crippen molar-refractivity contribution in [3.05, 3.63) is 71.8 Å². The highest BCUT2D eigenvalue weighted by molar-refractivity contribution is 7.99. The van der Waals surface area contributed by atoms with Crippen LogP contribution in [-0.2, 0) is 9.92 Å². The zero-order chi connectivity index (χ0) is 27.9. The van der Waals surface area contributed by atoms with Crippen molar-refractivity contribution in [1.29, 1.82) is 0 Å². The van der Waals surface area contributed by atoms with Crippen LogP contribution in [0.4, 0.5) is 24.5 Å². The summed E-state index contributed by atoms with van der Waals surface area (Å²) in [5.41, 5.74) is 1.70. The number of para-hydroxylation sites is 2. The smallest absolute Gasteiger partial charge is 0.406 e. The maximum atomic E-state index is 13.9. The van der Waals surface area contributed by atoms with E-state index in [1.165, 1.54) is 19.2 Å². The topological polar surface area (TPSA) is 77.4 Å². The van der Waals surface area contributed by atoms with E-state index in [4.69, 9.17) is 11.6 Å². The molecule has 0 aliphatic carbocycles. The number of likely N-dealkylation sites (tertiary alicyclic amines) is 1. The molecular weight excluding hydrogens is 573 g/mol. The summed E-state index contributed by atoms with van der Waals surface area (Å²) in [7, 11) is -0.0389. The van der Waals surface area contributed by atoms with Crippen LogP contribution in [0.2, 0.25) is 5.02 Å². The van der Waals surface area contributed by atoms with Gasteiger partial charge in [-0.2, -0.15) is 0 Å². The minimum absolute atomic E-state index is 0.171. The standard InChI is InChI=1S/C26H26ClF3N4O3S2/c1-31-39(36,17-12-10-16(11-13-17)37-26(28,29)30)32-19-14-33(2)15-21(25(19)35)34-20-7-3-4-8-22(20)38-23-9-5-6-18(27)24(23)34/h3-13,19,21,25,35H,14-15H2,1-2H3,(H,31,32,36). The number of hydrogen-bond acceptors (Lipinski definition) is 7. The Hall–Kier alpha value is -2.48. The number of alkyl halides is 3. The minimum Gasteiger partial charge on any atom is -0.406 e. The number of aliphatic hydroxyl groups excluding tert-OH is 1. The molecule has 3 aromatic carbocycles. The number of nitrogens with zero attached hydrogens (tertiary/aromatic N) is 3. The Balaban J connectivity index is 1.47. The number of ether oxygens (including phenoxy) is 1. The van der Waals surface area contributed by atoms with Gasteiger partial charge in [0.05, 0.1) is 39.5 Å². The first-order valence-electron chi connectivity index (χ1n) is 12.0. The number of benzene rings is 3. The molecule has 208 valence electrons. The van der Waals surface area contributed by atoms with Crippen LogP contribution >= 0.6 is 23.4 Å². The average Bonchev–Trinajstić information content (AvgIpc) is 2.89. The molecule has 1 fully saturated rings. The lowest BCUT2D eigenvalue weighted by Crippen LogP contribution is -2.64. The van der Waals surface area contributed by atoms with Gasteiger partial charge in [0.25, 0.3) is 0 Å². The van der Waals surface area contributed by atoms with Crippen LogP contribution in [-0.4, -0.2) is 66.0 Å². The van der Waals surface area contributed by atoms with E-state index in [0.29, 0.717) is 18.1 Å². The van der Waals surface area contributed by atoms with Crippen molar-refractivity contribution in [2.75, 3.05) is 32.1 Å². The van der Waals surface area contributed by atoms with Crippen LogP contribution in [0.25, 0.3) is 0 Å². The third-order valence-electron chi connectivity index (χ3n) is 6.63. The van der Waals surface area contributed by atoms with Crippen molar-refractivity contribution in [1.82, 2.24) is 9.62 Å². The van der Waals surface area contributed by atoms with Gasteiger partial charge in [0.2, 0.25) is 0 Å². The zero-order valence-electron chi connectivity index (χ0n) is 20.9. The lowest BCUT2D eigenvalue weighted by Gasteiger charge is -2.48. The van der Waals surface area contributed by atoms with Gasteiger partial charge in [-0.15, -0.1) is 13.2 Å². The second kappa shape index (κ2) is 10.8. The van der Waals surface area contributed by atoms with Gasteiger partial charge in [0.1, 0.15) is 15.7 Å². The molecule has 2 aliphatic heterocycles. The number of hydrogen-bond donors (Lipinski definition) is 2. The van der Waals surface area contributed by atoms with E-state index >= 15 is 0 Å². The molecule has 0 bridgehead atoms. The van der Waals surface area contributed by atoms with Gasteiger partial charge in [-0.3, -0.25) is 0 Å². The predicted octanol–water partition coefficient (Wildman–Crippen LogP) is 5.55. The molecule has 0 saturated carbocycles.